The number of halogens is 6. The molecule has 0 N–H and O–H groups in total. The van der Waals surface area contributed by atoms with Crippen LogP contribution in [0.2, 0.25) is 0 Å². The average Bonchev–Trinajstić information content (AvgIpc) is 2.25. The van der Waals surface area contributed by atoms with Crippen LogP contribution in [0.15, 0.2) is 12.7 Å². The van der Waals surface area contributed by atoms with Gasteiger partial charge in [0.15, 0.2) is 0 Å². The van der Waals surface area contributed by atoms with Gasteiger partial charge in [0, 0.05) is 6.08 Å². The molecule has 0 heterocycles. The van der Waals surface area contributed by atoms with Gasteiger partial charge in [-0.3, -0.25) is 0 Å². The Balaban J connectivity index is 5.07. The van der Waals surface area contributed by atoms with Gasteiger partial charge in [-0.1, -0.05) is 20.4 Å². The Morgan fingerprint density at radius 2 is 1.72 bits per heavy atom. The minimum Gasteiger partial charge on any atom is -0.462 e. The lowest BCUT2D eigenvalue weighted by Gasteiger charge is -2.37. The molecule has 0 saturated heterocycles. The van der Waals surface area contributed by atoms with Crippen LogP contribution in [-0.4, -0.2) is 30.8 Å². The molecule has 0 aromatic rings. The Labute approximate surface area is 99.6 Å². The summed E-state index contributed by atoms with van der Waals surface area (Å²) < 4.78 is 80.3. The fourth-order valence-corrected chi connectivity index (χ4v) is 0.989. The van der Waals surface area contributed by atoms with Crippen LogP contribution in [0.3, 0.4) is 0 Å². The van der Waals surface area contributed by atoms with Crippen molar-refractivity contribution in [2.75, 3.05) is 6.61 Å². The second kappa shape index (κ2) is 5.19. The number of ether oxygens (including phenoxy) is 1. The van der Waals surface area contributed by atoms with Crippen LogP contribution in [0.4, 0.5) is 26.3 Å². The molecule has 0 aromatic heterocycles. The zero-order chi connectivity index (χ0) is 14.8. The van der Waals surface area contributed by atoms with E-state index in [1.165, 1.54) is 0 Å². The Morgan fingerprint density at radius 3 is 2.06 bits per heavy atom. The number of hydrogen-bond donors (Lipinski definition) is 0. The second-order valence-electron chi connectivity index (χ2n) is 4.19. The van der Waals surface area contributed by atoms with Gasteiger partial charge < -0.3 is 4.74 Å². The quantitative estimate of drug-likeness (QED) is 0.423. The molecule has 0 spiro atoms. The summed E-state index contributed by atoms with van der Waals surface area (Å²) in [6.07, 6.45) is -3.89. The van der Waals surface area contributed by atoms with Crippen LogP contribution in [0.25, 0.3) is 0 Å². The van der Waals surface area contributed by atoms with Gasteiger partial charge in [-0.2, -0.15) is 17.6 Å². The molecule has 0 aromatic carbocycles. The highest BCUT2D eigenvalue weighted by Crippen LogP contribution is 2.49. The monoisotopic (exact) mass is 278 g/mol. The first-order chi connectivity index (χ1) is 7.90. The molecule has 0 saturated carbocycles. The Kier molecular flexibility index (Phi) is 4.84. The normalized spacial score (nSPS) is 13.6. The molecule has 0 rings (SSSR count). The minimum atomic E-state index is -5.52. The largest absolute Gasteiger partial charge is 0.462 e. The minimum absolute atomic E-state index is 0.597. The highest BCUT2D eigenvalue weighted by atomic mass is 19.3. The third-order valence-electron chi connectivity index (χ3n) is 2.28. The highest BCUT2D eigenvalue weighted by Gasteiger charge is 2.69. The predicted molar refractivity (Wildman–Crippen MR) is 50.8 cm³/mol. The lowest BCUT2D eigenvalue weighted by Crippen LogP contribution is -2.56. The Bertz CT molecular complexity index is 324. The van der Waals surface area contributed by atoms with Crippen LogP contribution in [0.5, 0.6) is 0 Å². The van der Waals surface area contributed by atoms with Gasteiger partial charge in [0.05, 0.1) is 5.41 Å². The van der Waals surface area contributed by atoms with Gasteiger partial charge >= 0.3 is 24.2 Å². The van der Waals surface area contributed by atoms with E-state index < -0.39 is 36.3 Å². The summed E-state index contributed by atoms with van der Waals surface area (Å²) in [7, 11) is 0. The van der Waals surface area contributed by atoms with Crippen molar-refractivity contribution in [3.63, 3.8) is 0 Å². The number of carbonyl (C=O) groups is 1. The summed E-state index contributed by atoms with van der Waals surface area (Å²) in [6.45, 7) is 3.02. The molecule has 0 aliphatic rings. The summed E-state index contributed by atoms with van der Waals surface area (Å²) in [5.41, 5.74) is -2.66. The Hall–Kier alpha value is -1.21. The van der Waals surface area contributed by atoms with Crippen LogP contribution in [-0.2, 0) is 9.53 Å². The van der Waals surface area contributed by atoms with Gasteiger partial charge in [0.1, 0.15) is 6.61 Å². The second-order valence-corrected chi connectivity index (χ2v) is 4.19. The molecule has 0 radical (unpaired) electrons. The van der Waals surface area contributed by atoms with Crippen molar-refractivity contribution >= 4 is 5.97 Å². The van der Waals surface area contributed by atoms with E-state index >= 15 is 0 Å². The van der Waals surface area contributed by atoms with Crippen molar-refractivity contribution in [2.45, 2.75) is 32.1 Å². The number of hydrogen-bond acceptors (Lipinski definition) is 2. The summed E-state index contributed by atoms with van der Waals surface area (Å²) in [4.78, 5) is 10.6. The standard InChI is InChI=1S/C10H12F6O2/c1-4-6(17)18-5-8(2,3)10(15,16)9(13,14)7(11)12/h4,7H,1,5H2,2-3H3. The van der Waals surface area contributed by atoms with E-state index in [-0.39, 0.29) is 0 Å². The molecule has 0 atom stereocenters. The molecule has 0 amide bonds. The number of alkyl halides is 6. The SMILES string of the molecule is C=CC(=O)OCC(C)(C)C(F)(F)C(F)(F)C(F)F. The first kappa shape index (κ1) is 16.8. The van der Waals surface area contributed by atoms with Crippen LogP contribution >= 0.6 is 0 Å². The van der Waals surface area contributed by atoms with Crippen molar-refractivity contribution in [3.05, 3.63) is 12.7 Å². The van der Waals surface area contributed by atoms with Crippen molar-refractivity contribution in [2.24, 2.45) is 5.41 Å². The van der Waals surface area contributed by atoms with Gasteiger partial charge in [-0.15, -0.1) is 0 Å². The van der Waals surface area contributed by atoms with E-state index in [0.29, 0.717) is 19.9 Å². The average molecular weight is 278 g/mol. The van der Waals surface area contributed by atoms with Crippen LogP contribution in [0.1, 0.15) is 13.8 Å². The maximum atomic E-state index is 13.3. The fourth-order valence-electron chi connectivity index (χ4n) is 0.989. The molecule has 8 heteroatoms. The van der Waals surface area contributed by atoms with Crippen LogP contribution in [0, 0.1) is 5.41 Å². The van der Waals surface area contributed by atoms with E-state index in [1.54, 1.807) is 0 Å². The van der Waals surface area contributed by atoms with E-state index in [4.69, 9.17) is 0 Å². The molecule has 0 fully saturated rings. The lowest BCUT2D eigenvalue weighted by atomic mass is 9.82. The van der Waals surface area contributed by atoms with E-state index in [0.717, 1.165) is 0 Å². The third-order valence-corrected chi connectivity index (χ3v) is 2.28. The molecule has 0 aliphatic heterocycles. The van der Waals surface area contributed by atoms with Crippen molar-refractivity contribution in [1.29, 1.82) is 0 Å². The first-order valence-electron chi connectivity index (χ1n) is 4.73. The molecule has 0 unspecified atom stereocenters. The van der Waals surface area contributed by atoms with Crippen molar-refractivity contribution in [3.8, 4) is 0 Å². The fraction of sp³-hybridized carbons (Fsp3) is 0.700. The zero-order valence-corrected chi connectivity index (χ0v) is 9.65. The van der Waals surface area contributed by atoms with E-state index in [1.807, 2.05) is 0 Å². The van der Waals surface area contributed by atoms with E-state index in [2.05, 4.69) is 11.3 Å². The maximum Gasteiger partial charge on any atom is 0.369 e. The van der Waals surface area contributed by atoms with Gasteiger partial charge in [-0.25, -0.2) is 13.6 Å². The zero-order valence-electron chi connectivity index (χ0n) is 9.65. The molecular formula is C10H12F6O2. The summed E-state index contributed by atoms with van der Waals surface area (Å²) in [5.74, 6) is -11.7. The van der Waals surface area contributed by atoms with Crippen molar-refractivity contribution < 1.29 is 35.9 Å². The molecule has 2 nitrogen and oxygen atoms in total. The van der Waals surface area contributed by atoms with E-state index in [9.17, 15) is 31.1 Å². The Morgan fingerprint density at radius 1 is 1.28 bits per heavy atom. The highest BCUT2D eigenvalue weighted by molar-refractivity contribution is 5.81. The molecule has 18 heavy (non-hydrogen) atoms. The summed E-state index contributed by atoms with van der Waals surface area (Å²) in [5, 5.41) is 0. The van der Waals surface area contributed by atoms with Crippen LogP contribution < -0.4 is 0 Å². The molecule has 106 valence electrons. The van der Waals surface area contributed by atoms with Gasteiger partial charge in [-0.05, 0) is 0 Å². The first-order valence-corrected chi connectivity index (χ1v) is 4.73. The smallest absolute Gasteiger partial charge is 0.369 e. The molecule has 0 aliphatic carbocycles. The number of rotatable bonds is 6. The maximum absolute atomic E-state index is 13.3. The number of carbonyl (C=O) groups excluding carboxylic acids is 1. The predicted octanol–water partition coefficient (Wildman–Crippen LogP) is 3.28. The van der Waals surface area contributed by atoms with Gasteiger partial charge in [0.25, 0.3) is 0 Å². The van der Waals surface area contributed by atoms with Gasteiger partial charge in [0.2, 0.25) is 0 Å². The summed E-state index contributed by atoms with van der Waals surface area (Å²) >= 11 is 0. The molecular weight excluding hydrogens is 266 g/mol. The topological polar surface area (TPSA) is 26.3 Å². The lowest BCUT2D eigenvalue weighted by molar-refractivity contribution is -0.307. The third kappa shape index (κ3) is 2.97. The summed E-state index contributed by atoms with van der Waals surface area (Å²) in [6, 6.07) is 0. The molecule has 0 bridgehead atoms. The van der Waals surface area contributed by atoms with Crippen molar-refractivity contribution in [1.82, 2.24) is 0 Å². The number of esters is 1.